The Morgan fingerprint density at radius 2 is 1.76 bits per heavy atom. The molecule has 0 bridgehead atoms. The molecule has 0 radical (unpaired) electrons. The maximum Gasteiger partial charge on any atom is 0.164 e. The minimum Gasteiger partial charge on any atom is -0.367 e. The number of ketones is 1. The Hall–Kier alpha value is -0.370. The Labute approximate surface area is 132 Å². The van der Waals surface area contributed by atoms with Crippen LogP contribution in [-0.4, -0.2) is 18.0 Å². The minimum atomic E-state index is -0.436. The molecule has 0 saturated heterocycles. The number of hydrogen-bond donors (Lipinski definition) is 0. The third kappa shape index (κ3) is 6.50. The van der Waals surface area contributed by atoms with Crippen LogP contribution in [0.1, 0.15) is 97.8 Å². The molecule has 0 aliphatic heterocycles. The van der Waals surface area contributed by atoms with Gasteiger partial charge in [0.25, 0.3) is 0 Å². The molecular weight excluding hydrogens is 260 g/mol. The second kappa shape index (κ2) is 10.4. The minimum absolute atomic E-state index is 0.379. The van der Waals surface area contributed by atoms with Gasteiger partial charge in [-0.3, -0.25) is 4.79 Å². The number of carbonyl (C=O) groups excluding carboxylic acids is 1. The van der Waals surface area contributed by atoms with E-state index < -0.39 is 5.60 Å². The van der Waals surface area contributed by atoms with Crippen LogP contribution in [0.25, 0.3) is 0 Å². The van der Waals surface area contributed by atoms with E-state index in [1.807, 2.05) is 6.92 Å². The normalized spacial score (nSPS) is 26.0. The van der Waals surface area contributed by atoms with Crippen molar-refractivity contribution in [3.05, 3.63) is 0 Å². The first-order chi connectivity index (χ1) is 10.1. The Bertz CT molecular complexity index is 283. The van der Waals surface area contributed by atoms with Crippen LogP contribution in [-0.2, 0) is 9.53 Å². The summed E-state index contributed by atoms with van der Waals surface area (Å²) in [5.41, 5.74) is -0.436. The lowest BCUT2D eigenvalue weighted by molar-refractivity contribution is -0.151. The zero-order valence-electron chi connectivity index (χ0n) is 14.6. The molecule has 0 amide bonds. The van der Waals surface area contributed by atoms with Gasteiger partial charge in [-0.1, -0.05) is 58.8 Å². The van der Waals surface area contributed by atoms with Crippen molar-refractivity contribution >= 4 is 5.78 Å². The molecule has 0 aromatic carbocycles. The van der Waals surface area contributed by atoms with Crippen LogP contribution in [0.15, 0.2) is 0 Å². The van der Waals surface area contributed by atoms with Crippen molar-refractivity contribution in [3.8, 4) is 0 Å². The third-order valence-electron chi connectivity index (χ3n) is 4.89. The molecule has 0 aromatic rings. The van der Waals surface area contributed by atoms with Gasteiger partial charge in [0.05, 0.1) is 0 Å². The summed E-state index contributed by atoms with van der Waals surface area (Å²) in [6, 6.07) is 0. The average Bonchev–Trinajstić information content (AvgIpc) is 2.46. The fraction of sp³-hybridized carbons (Fsp3) is 0.947. The molecule has 21 heavy (non-hydrogen) atoms. The van der Waals surface area contributed by atoms with Gasteiger partial charge in [0, 0.05) is 13.0 Å². The molecule has 0 N–H and O–H groups in total. The van der Waals surface area contributed by atoms with E-state index in [1.54, 1.807) is 0 Å². The number of hydrogen-bond acceptors (Lipinski definition) is 2. The first-order valence-electron chi connectivity index (χ1n) is 9.32. The van der Waals surface area contributed by atoms with E-state index in [2.05, 4.69) is 13.8 Å². The van der Waals surface area contributed by atoms with Gasteiger partial charge in [-0.05, 0) is 38.5 Å². The van der Waals surface area contributed by atoms with E-state index in [0.717, 1.165) is 32.1 Å². The monoisotopic (exact) mass is 296 g/mol. The van der Waals surface area contributed by atoms with Crippen LogP contribution in [0.3, 0.4) is 0 Å². The molecule has 1 aliphatic carbocycles. The van der Waals surface area contributed by atoms with Gasteiger partial charge < -0.3 is 4.74 Å². The molecular formula is C19H36O2. The second-order valence-corrected chi connectivity index (χ2v) is 6.92. The topological polar surface area (TPSA) is 26.3 Å². The standard InChI is InChI=1S/C19H36O2/c1-4-6-7-8-9-10-11-14-18(20)19(21-5-2)15-12-13-17(3)16-19/h17H,4-16H2,1-3H3. The number of Topliss-reactive ketones (excluding diaryl/α,β-unsaturated/α-hetero) is 1. The fourth-order valence-electron chi connectivity index (χ4n) is 3.71. The average molecular weight is 296 g/mol. The molecule has 2 heteroatoms. The van der Waals surface area contributed by atoms with Gasteiger partial charge in [-0.15, -0.1) is 0 Å². The van der Waals surface area contributed by atoms with Crippen molar-refractivity contribution < 1.29 is 9.53 Å². The summed E-state index contributed by atoms with van der Waals surface area (Å²) in [5, 5.41) is 0. The summed E-state index contributed by atoms with van der Waals surface area (Å²) < 4.78 is 5.96. The predicted molar refractivity (Wildman–Crippen MR) is 89.6 cm³/mol. The first-order valence-corrected chi connectivity index (χ1v) is 9.32. The van der Waals surface area contributed by atoms with Gasteiger partial charge in [-0.2, -0.15) is 0 Å². The molecule has 2 nitrogen and oxygen atoms in total. The zero-order valence-corrected chi connectivity index (χ0v) is 14.6. The van der Waals surface area contributed by atoms with Crippen molar-refractivity contribution in [2.24, 2.45) is 5.92 Å². The molecule has 1 aliphatic rings. The summed E-state index contributed by atoms with van der Waals surface area (Å²) >= 11 is 0. The van der Waals surface area contributed by atoms with E-state index >= 15 is 0 Å². The lowest BCUT2D eigenvalue weighted by Crippen LogP contribution is -2.45. The van der Waals surface area contributed by atoms with Gasteiger partial charge in [0.2, 0.25) is 0 Å². The predicted octanol–water partition coefficient (Wildman–Crippen LogP) is 5.68. The molecule has 1 saturated carbocycles. The van der Waals surface area contributed by atoms with Crippen molar-refractivity contribution in [2.45, 2.75) is 103 Å². The van der Waals surface area contributed by atoms with Crippen molar-refractivity contribution in [2.75, 3.05) is 6.61 Å². The first kappa shape index (κ1) is 18.7. The van der Waals surface area contributed by atoms with Gasteiger partial charge >= 0.3 is 0 Å². The Morgan fingerprint density at radius 3 is 2.38 bits per heavy atom. The zero-order chi connectivity index (χ0) is 15.6. The summed E-state index contributed by atoms with van der Waals surface area (Å²) in [5.74, 6) is 1.01. The summed E-state index contributed by atoms with van der Waals surface area (Å²) in [6.45, 7) is 7.18. The quantitative estimate of drug-likeness (QED) is 0.458. The van der Waals surface area contributed by atoms with E-state index in [1.165, 1.54) is 44.9 Å². The highest BCUT2D eigenvalue weighted by Gasteiger charge is 2.41. The second-order valence-electron chi connectivity index (χ2n) is 6.92. The Morgan fingerprint density at radius 1 is 1.10 bits per heavy atom. The van der Waals surface area contributed by atoms with Gasteiger partial charge in [0.1, 0.15) is 5.60 Å². The molecule has 0 aromatic heterocycles. The lowest BCUT2D eigenvalue weighted by Gasteiger charge is -2.38. The maximum absolute atomic E-state index is 12.7. The molecule has 0 spiro atoms. The van der Waals surface area contributed by atoms with Gasteiger partial charge in [0.15, 0.2) is 5.78 Å². The van der Waals surface area contributed by atoms with Crippen LogP contribution in [0.5, 0.6) is 0 Å². The van der Waals surface area contributed by atoms with Crippen LogP contribution in [0.4, 0.5) is 0 Å². The third-order valence-corrected chi connectivity index (χ3v) is 4.89. The van der Waals surface area contributed by atoms with Crippen molar-refractivity contribution in [1.82, 2.24) is 0 Å². The summed E-state index contributed by atoms with van der Waals surface area (Å²) in [4.78, 5) is 12.7. The van der Waals surface area contributed by atoms with E-state index in [4.69, 9.17) is 4.74 Å². The number of ether oxygens (including phenoxy) is 1. The van der Waals surface area contributed by atoms with Crippen LogP contribution < -0.4 is 0 Å². The molecule has 2 unspecified atom stereocenters. The summed E-state index contributed by atoms with van der Waals surface area (Å²) in [6.07, 6.45) is 13.9. The highest BCUT2D eigenvalue weighted by Crippen LogP contribution is 2.37. The molecule has 1 fully saturated rings. The molecule has 2 atom stereocenters. The maximum atomic E-state index is 12.7. The molecule has 124 valence electrons. The highest BCUT2D eigenvalue weighted by molar-refractivity contribution is 5.87. The highest BCUT2D eigenvalue weighted by atomic mass is 16.5. The smallest absolute Gasteiger partial charge is 0.164 e. The van der Waals surface area contributed by atoms with E-state index in [0.29, 0.717) is 18.3 Å². The largest absolute Gasteiger partial charge is 0.367 e. The Kier molecular flexibility index (Phi) is 9.23. The fourth-order valence-corrected chi connectivity index (χ4v) is 3.71. The van der Waals surface area contributed by atoms with Crippen LogP contribution >= 0.6 is 0 Å². The lowest BCUT2D eigenvalue weighted by atomic mass is 9.75. The number of rotatable bonds is 11. The van der Waals surface area contributed by atoms with Gasteiger partial charge in [-0.25, -0.2) is 0 Å². The van der Waals surface area contributed by atoms with Crippen molar-refractivity contribution in [3.63, 3.8) is 0 Å². The number of carbonyl (C=O) groups is 1. The van der Waals surface area contributed by atoms with E-state index in [9.17, 15) is 4.79 Å². The number of unbranched alkanes of at least 4 members (excludes halogenated alkanes) is 6. The Balaban J connectivity index is 2.30. The van der Waals surface area contributed by atoms with Crippen LogP contribution in [0, 0.1) is 5.92 Å². The molecule has 0 heterocycles. The summed E-state index contributed by atoms with van der Waals surface area (Å²) in [7, 11) is 0. The SMILES string of the molecule is CCCCCCCCCC(=O)C1(OCC)CCCC(C)C1. The van der Waals surface area contributed by atoms with Crippen molar-refractivity contribution in [1.29, 1.82) is 0 Å². The van der Waals surface area contributed by atoms with E-state index in [-0.39, 0.29) is 0 Å². The molecule has 1 rings (SSSR count). The van der Waals surface area contributed by atoms with Crippen LogP contribution in [0.2, 0.25) is 0 Å².